The Balaban J connectivity index is 2.05. The maximum atomic E-state index is 5.74. The smallest absolute Gasteiger partial charge is 0.135 e. The van der Waals surface area contributed by atoms with Crippen LogP contribution in [0.2, 0.25) is 0 Å². The second-order valence-corrected chi connectivity index (χ2v) is 5.49. The molecule has 0 bridgehead atoms. The Labute approximate surface area is 112 Å². The van der Waals surface area contributed by atoms with E-state index in [1.54, 1.807) is 0 Å². The third kappa shape index (κ3) is 2.13. The van der Waals surface area contributed by atoms with Crippen molar-refractivity contribution >= 4 is 11.8 Å². The lowest BCUT2D eigenvalue weighted by atomic mass is 10.00. The van der Waals surface area contributed by atoms with Crippen LogP contribution in [0.3, 0.4) is 0 Å². The van der Waals surface area contributed by atoms with Gasteiger partial charge in [-0.05, 0) is 23.6 Å². The Kier molecular flexibility index (Phi) is 3.28. The van der Waals surface area contributed by atoms with Crippen molar-refractivity contribution in [1.82, 2.24) is 0 Å². The SMILES string of the molecule is CCc1ccc2c(c1)C(c1ccccc1)SCO2. The minimum Gasteiger partial charge on any atom is -0.483 e. The van der Waals surface area contributed by atoms with Gasteiger partial charge in [0, 0.05) is 5.56 Å². The third-order valence-corrected chi connectivity index (χ3v) is 4.43. The summed E-state index contributed by atoms with van der Waals surface area (Å²) in [4.78, 5) is 0. The number of aryl methyl sites for hydroxylation is 1. The lowest BCUT2D eigenvalue weighted by Crippen LogP contribution is -2.10. The van der Waals surface area contributed by atoms with Crippen LogP contribution in [0.5, 0.6) is 5.75 Å². The van der Waals surface area contributed by atoms with Gasteiger partial charge in [-0.15, -0.1) is 11.8 Å². The van der Waals surface area contributed by atoms with Gasteiger partial charge in [0.05, 0.1) is 5.25 Å². The van der Waals surface area contributed by atoms with Crippen LogP contribution in [0.4, 0.5) is 0 Å². The molecule has 0 fully saturated rings. The molecular formula is C16H16OS. The van der Waals surface area contributed by atoms with Gasteiger partial charge in [0.2, 0.25) is 0 Å². The fourth-order valence-corrected chi connectivity index (χ4v) is 3.36. The first-order valence-electron chi connectivity index (χ1n) is 6.30. The second kappa shape index (κ2) is 5.07. The molecule has 0 N–H and O–H groups in total. The van der Waals surface area contributed by atoms with Gasteiger partial charge >= 0.3 is 0 Å². The molecule has 2 aromatic carbocycles. The predicted octanol–water partition coefficient (Wildman–Crippen LogP) is 4.42. The zero-order chi connectivity index (χ0) is 12.4. The number of thioether (sulfide) groups is 1. The van der Waals surface area contributed by atoms with Gasteiger partial charge in [-0.2, -0.15) is 0 Å². The molecule has 0 aliphatic carbocycles. The van der Waals surface area contributed by atoms with E-state index in [2.05, 4.69) is 55.5 Å². The quantitative estimate of drug-likeness (QED) is 0.786. The first-order chi connectivity index (χ1) is 8.88. The fourth-order valence-electron chi connectivity index (χ4n) is 2.31. The van der Waals surface area contributed by atoms with E-state index < -0.39 is 0 Å². The molecule has 1 aliphatic heterocycles. The molecule has 0 amide bonds. The maximum Gasteiger partial charge on any atom is 0.135 e. The van der Waals surface area contributed by atoms with Crippen molar-refractivity contribution < 1.29 is 4.74 Å². The average molecular weight is 256 g/mol. The summed E-state index contributed by atoms with van der Waals surface area (Å²) in [5.74, 6) is 1.78. The molecule has 0 saturated carbocycles. The summed E-state index contributed by atoms with van der Waals surface area (Å²) in [6.07, 6.45) is 1.07. The van der Waals surface area contributed by atoms with Crippen LogP contribution >= 0.6 is 11.8 Å². The number of benzene rings is 2. The number of hydrogen-bond acceptors (Lipinski definition) is 2. The molecule has 0 saturated heterocycles. The van der Waals surface area contributed by atoms with Crippen LogP contribution in [0.25, 0.3) is 0 Å². The van der Waals surface area contributed by atoms with Crippen molar-refractivity contribution in [1.29, 1.82) is 0 Å². The monoisotopic (exact) mass is 256 g/mol. The van der Waals surface area contributed by atoms with E-state index in [4.69, 9.17) is 4.74 Å². The van der Waals surface area contributed by atoms with Crippen LogP contribution in [-0.2, 0) is 6.42 Å². The van der Waals surface area contributed by atoms with Crippen molar-refractivity contribution in [3.63, 3.8) is 0 Å². The summed E-state index contributed by atoms with van der Waals surface area (Å²) in [6.45, 7) is 2.19. The highest BCUT2D eigenvalue weighted by Gasteiger charge is 2.23. The second-order valence-electron chi connectivity index (χ2n) is 4.45. The Bertz CT molecular complexity index is 536. The van der Waals surface area contributed by atoms with Gasteiger partial charge in [0.15, 0.2) is 0 Å². The van der Waals surface area contributed by atoms with Crippen molar-refractivity contribution in [2.45, 2.75) is 18.6 Å². The van der Waals surface area contributed by atoms with Crippen LogP contribution in [-0.4, -0.2) is 5.94 Å². The predicted molar refractivity (Wildman–Crippen MR) is 77.2 cm³/mol. The first-order valence-corrected chi connectivity index (χ1v) is 7.35. The highest BCUT2D eigenvalue weighted by molar-refractivity contribution is 7.99. The molecule has 1 atom stereocenters. The Morgan fingerprint density at radius 2 is 2.00 bits per heavy atom. The highest BCUT2D eigenvalue weighted by atomic mass is 32.2. The zero-order valence-electron chi connectivity index (χ0n) is 10.4. The lowest BCUT2D eigenvalue weighted by molar-refractivity contribution is 0.381. The minimum absolute atomic E-state index is 0.404. The standard InChI is InChI=1S/C16H16OS/c1-2-12-8-9-15-14(10-12)16(18-11-17-15)13-6-4-3-5-7-13/h3-10,16H,2,11H2,1H3. The van der Waals surface area contributed by atoms with E-state index in [9.17, 15) is 0 Å². The summed E-state index contributed by atoms with van der Waals surface area (Å²) in [5, 5.41) is 0.404. The maximum absolute atomic E-state index is 5.74. The minimum atomic E-state index is 0.404. The Morgan fingerprint density at radius 3 is 2.78 bits per heavy atom. The molecule has 1 aliphatic rings. The summed E-state index contributed by atoms with van der Waals surface area (Å²) in [7, 11) is 0. The first kappa shape index (κ1) is 11.7. The van der Waals surface area contributed by atoms with Gasteiger partial charge in [0.25, 0.3) is 0 Å². The Hall–Kier alpha value is -1.41. The highest BCUT2D eigenvalue weighted by Crippen LogP contribution is 2.44. The molecule has 1 nitrogen and oxygen atoms in total. The molecular weight excluding hydrogens is 240 g/mol. The summed E-state index contributed by atoms with van der Waals surface area (Å²) < 4.78 is 5.74. The summed E-state index contributed by atoms with van der Waals surface area (Å²) >= 11 is 1.86. The topological polar surface area (TPSA) is 9.23 Å². The molecule has 0 spiro atoms. The van der Waals surface area contributed by atoms with Crippen LogP contribution in [0.15, 0.2) is 48.5 Å². The molecule has 92 valence electrons. The number of rotatable bonds is 2. The molecule has 0 aromatic heterocycles. The fraction of sp³-hybridized carbons (Fsp3) is 0.250. The molecule has 18 heavy (non-hydrogen) atoms. The van der Waals surface area contributed by atoms with E-state index in [0.717, 1.165) is 18.1 Å². The molecule has 3 rings (SSSR count). The summed E-state index contributed by atoms with van der Waals surface area (Å²) in [5.41, 5.74) is 4.05. The largest absolute Gasteiger partial charge is 0.483 e. The molecule has 2 aromatic rings. The lowest BCUT2D eigenvalue weighted by Gasteiger charge is -2.26. The average Bonchev–Trinajstić information content (AvgIpc) is 2.47. The van der Waals surface area contributed by atoms with Crippen molar-refractivity contribution in [3.05, 3.63) is 65.2 Å². The van der Waals surface area contributed by atoms with Crippen LogP contribution in [0.1, 0.15) is 28.9 Å². The Morgan fingerprint density at radius 1 is 1.17 bits per heavy atom. The van der Waals surface area contributed by atoms with E-state index in [0.29, 0.717) is 5.25 Å². The molecule has 2 heteroatoms. The number of hydrogen-bond donors (Lipinski definition) is 0. The third-order valence-electron chi connectivity index (χ3n) is 3.32. The van der Waals surface area contributed by atoms with Crippen LogP contribution < -0.4 is 4.74 Å². The van der Waals surface area contributed by atoms with E-state index in [1.807, 2.05) is 11.8 Å². The van der Waals surface area contributed by atoms with Crippen LogP contribution in [0, 0.1) is 0 Å². The van der Waals surface area contributed by atoms with E-state index in [1.165, 1.54) is 16.7 Å². The van der Waals surface area contributed by atoms with Gasteiger partial charge in [0.1, 0.15) is 11.7 Å². The van der Waals surface area contributed by atoms with Gasteiger partial charge in [-0.3, -0.25) is 0 Å². The van der Waals surface area contributed by atoms with Crippen molar-refractivity contribution in [3.8, 4) is 5.75 Å². The van der Waals surface area contributed by atoms with Gasteiger partial charge < -0.3 is 4.74 Å². The molecule has 1 unspecified atom stereocenters. The van der Waals surface area contributed by atoms with Crippen molar-refractivity contribution in [2.24, 2.45) is 0 Å². The van der Waals surface area contributed by atoms with E-state index in [-0.39, 0.29) is 0 Å². The zero-order valence-corrected chi connectivity index (χ0v) is 11.2. The normalized spacial score (nSPS) is 17.9. The number of fused-ring (bicyclic) bond motifs is 1. The van der Waals surface area contributed by atoms with E-state index >= 15 is 0 Å². The van der Waals surface area contributed by atoms with Gasteiger partial charge in [-0.25, -0.2) is 0 Å². The van der Waals surface area contributed by atoms with Crippen molar-refractivity contribution in [2.75, 3.05) is 5.94 Å². The summed E-state index contributed by atoms with van der Waals surface area (Å²) in [6, 6.07) is 17.2. The number of ether oxygens (including phenoxy) is 1. The van der Waals surface area contributed by atoms with Gasteiger partial charge in [-0.1, -0.05) is 49.4 Å². The molecule has 1 heterocycles. The molecule has 0 radical (unpaired) electrons.